The summed E-state index contributed by atoms with van der Waals surface area (Å²) in [5.41, 5.74) is 2.55. The molecule has 2 rings (SSSR count). The van der Waals surface area contributed by atoms with E-state index in [1.807, 2.05) is 42.5 Å². The van der Waals surface area contributed by atoms with Gasteiger partial charge in [0, 0.05) is 19.3 Å². The molecule has 2 aromatic carbocycles. The van der Waals surface area contributed by atoms with Crippen LogP contribution in [-0.4, -0.2) is 26.0 Å². The molecule has 0 spiro atoms. The van der Waals surface area contributed by atoms with Gasteiger partial charge < -0.3 is 9.47 Å². The van der Waals surface area contributed by atoms with E-state index in [1.54, 1.807) is 31.4 Å². The van der Waals surface area contributed by atoms with Crippen molar-refractivity contribution in [2.75, 3.05) is 13.7 Å². The number of hydrogen-bond acceptors (Lipinski definition) is 4. The molecule has 4 heteroatoms. The van der Waals surface area contributed by atoms with Crippen LogP contribution in [0.15, 0.2) is 60.7 Å². The van der Waals surface area contributed by atoms with Crippen LogP contribution in [0.5, 0.6) is 0 Å². The summed E-state index contributed by atoms with van der Waals surface area (Å²) in [5, 5.41) is 0. The zero-order valence-corrected chi connectivity index (χ0v) is 15.7. The van der Waals surface area contributed by atoms with Crippen LogP contribution in [0.25, 0.3) is 6.08 Å². The van der Waals surface area contributed by atoms with Gasteiger partial charge in [0.05, 0.1) is 0 Å². The normalized spacial score (nSPS) is 12.0. The molecule has 0 saturated carbocycles. The molecule has 0 fully saturated rings. The summed E-state index contributed by atoms with van der Waals surface area (Å²) in [4.78, 5) is 22.9. The Morgan fingerprint density at radius 3 is 2.41 bits per heavy atom. The molecule has 0 heterocycles. The number of ether oxygens (including phenoxy) is 2. The Hall–Kier alpha value is -2.72. The van der Waals surface area contributed by atoms with Gasteiger partial charge in [-0.3, -0.25) is 9.59 Å². The van der Waals surface area contributed by atoms with Crippen molar-refractivity contribution >= 4 is 18.3 Å². The van der Waals surface area contributed by atoms with Crippen LogP contribution in [-0.2, 0) is 14.3 Å². The van der Waals surface area contributed by atoms with Gasteiger partial charge in [-0.15, -0.1) is 0 Å². The summed E-state index contributed by atoms with van der Waals surface area (Å²) >= 11 is 0. The Balaban J connectivity index is 1.94. The van der Waals surface area contributed by atoms with Gasteiger partial charge in [0.15, 0.2) is 5.78 Å². The Bertz CT molecular complexity index is 720. The van der Waals surface area contributed by atoms with E-state index in [1.165, 1.54) is 0 Å². The third kappa shape index (κ3) is 7.19. The Labute approximate surface area is 160 Å². The molecule has 1 atom stereocenters. The van der Waals surface area contributed by atoms with Crippen molar-refractivity contribution in [1.29, 1.82) is 0 Å². The highest BCUT2D eigenvalue weighted by Gasteiger charge is 2.12. The van der Waals surface area contributed by atoms with E-state index in [0.717, 1.165) is 43.4 Å². The summed E-state index contributed by atoms with van der Waals surface area (Å²) in [7, 11) is 1.70. The zero-order chi connectivity index (χ0) is 19.3. The second-order valence-corrected chi connectivity index (χ2v) is 6.29. The number of rotatable bonds is 12. The number of carbonyl (C=O) groups is 2. The minimum atomic E-state index is -0.242. The number of hydrogen-bond donors (Lipinski definition) is 0. The summed E-state index contributed by atoms with van der Waals surface area (Å²) in [6.07, 6.45) is 6.91. The van der Waals surface area contributed by atoms with Crippen LogP contribution in [0, 0.1) is 0 Å². The number of ketones is 1. The van der Waals surface area contributed by atoms with E-state index in [-0.39, 0.29) is 11.9 Å². The van der Waals surface area contributed by atoms with Crippen LogP contribution in [0.3, 0.4) is 0 Å². The lowest BCUT2D eigenvalue weighted by atomic mass is 10.0. The second-order valence-electron chi connectivity index (χ2n) is 6.29. The molecule has 0 bridgehead atoms. The summed E-state index contributed by atoms with van der Waals surface area (Å²) in [5.74, 6) is -0.0297. The van der Waals surface area contributed by atoms with Gasteiger partial charge in [0.1, 0.15) is 6.10 Å². The van der Waals surface area contributed by atoms with Gasteiger partial charge in [-0.1, -0.05) is 67.1 Å². The molecule has 2 aromatic rings. The van der Waals surface area contributed by atoms with Gasteiger partial charge in [-0.05, 0) is 36.5 Å². The third-order valence-corrected chi connectivity index (χ3v) is 4.33. The molecule has 4 nitrogen and oxygen atoms in total. The fourth-order valence-electron chi connectivity index (χ4n) is 2.83. The van der Waals surface area contributed by atoms with Crippen molar-refractivity contribution < 1.29 is 19.1 Å². The zero-order valence-electron chi connectivity index (χ0n) is 15.7. The fraction of sp³-hybridized carbons (Fsp3) is 0.304. The quantitative estimate of drug-likeness (QED) is 0.229. The summed E-state index contributed by atoms with van der Waals surface area (Å²) in [6.45, 7) is 1.26. The van der Waals surface area contributed by atoms with Crippen molar-refractivity contribution in [3.63, 3.8) is 0 Å². The van der Waals surface area contributed by atoms with Crippen molar-refractivity contribution in [2.24, 2.45) is 0 Å². The molecule has 0 N–H and O–H groups in total. The van der Waals surface area contributed by atoms with Crippen LogP contribution in [0.1, 0.15) is 53.3 Å². The van der Waals surface area contributed by atoms with E-state index in [0.29, 0.717) is 12.0 Å². The lowest BCUT2D eigenvalue weighted by Crippen LogP contribution is -2.04. The third-order valence-electron chi connectivity index (χ3n) is 4.33. The molecular weight excluding hydrogens is 340 g/mol. The van der Waals surface area contributed by atoms with Crippen LogP contribution in [0.2, 0.25) is 0 Å². The summed E-state index contributed by atoms with van der Waals surface area (Å²) in [6, 6.07) is 16.9. The van der Waals surface area contributed by atoms with Crippen LogP contribution < -0.4 is 0 Å². The highest BCUT2D eigenvalue weighted by atomic mass is 16.5. The minimum Gasteiger partial charge on any atom is -0.460 e. The topological polar surface area (TPSA) is 52.6 Å². The number of carbonyl (C=O) groups excluding carboxylic acids is 2. The van der Waals surface area contributed by atoms with E-state index >= 15 is 0 Å². The molecule has 0 aliphatic heterocycles. The molecule has 27 heavy (non-hydrogen) atoms. The molecular formula is C23H26O4. The maximum absolute atomic E-state index is 12.1. The maximum Gasteiger partial charge on any atom is 0.293 e. The average Bonchev–Trinajstić information content (AvgIpc) is 2.72. The SMILES string of the molecule is COCCCCCC(OC=O)c1ccc(/C=C/C(=O)c2ccccc2)cc1. The molecule has 0 amide bonds. The molecule has 142 valence electrons. The molecule has 0 saturated heterocycles. The molecule has 0 aromatic heterocycles. The average molecular weight is 366 g/mol. The second kappa shape index (κ2) is 11.8. The Morgan fingerprint density at radius 2 is 1.74 bits per heavy atom. The van der Waals surface area contributed by atoms with Gasteiger partial charge in [-0.2, -0.15) is 0 Å². The summed E-state index contributed by atoms with van der Waals surface area (Å²) < 4.78 is 10.3. The predicted molar refractivity (Wildman–Crippen MR) is 106 cm³/mol. The van der Waals surface area contributed by atoms with Gasteiger partial charge in [-0.25, -0.2) is 0 Å². The highest BCUT2D eigenvalue weighted by molar-refractivity contribution is 6.06. The molecule has 0 aliphatic rings. The van der Waals surface area contributed by atoms with Crippen molar-refractivity contribution in [3.8, 4) is 0 Å². The Kier molecular flexibility index (Phi) is 9.01. The number of unbranched alkanes of at least 4 members (excludes halogenated alkanes) is 2. The fourth-order valence-corrected chi connectivity index (χ4v) is 2.83. The lowest BCUT2D eigenvalue weighted by molar-refractivity contribution is -0.134. The molecule has 0 aliphatic carbocycles. The predicted octanol–water partition coefficient (Wildman–Crippen LogP) is 5.00. The van der Waals surface area contributed by atoms with E-state index in [4.69, 9.17) is 9.47 Å². The van der Waals surface area contributed by atoms with E-state index in [2.05, 4.69) is 0 Å². The van der Waals surface area contributed by atoms with Crippen molar-refractivity contribution in [3.05, 3.63) is 77.4 Å². The van der Waals surface area contributed by atoms with E-state index < -0.39 is 0 Å². The van der Waals surface area contributed by atoms with Gasteiger partial charge in [0.2, 0.25) is 0 Å². The maximum atomic E-state index is 12.1. The largest absolute Gasteiger partial charge is 0.460 e. The lowest BCUT2D eigenvalue weighted by Gasteiger charge is -2.15. The number of methoxy groups -OCH3 is 1. The first kappa shape index (κ1) is 20.6. The van der Waals surface area contributed by atoms with Gasteiger partial charge >= 0.3 is 0 Å². The molecule has 0 radical (unpaired) electrons. The minimum absolute atomic E-state index is 0.0297. The number of allylic oxidation sites excluding steroid dienone is 1. The standard InChI is InChI=1S/C23H26O4/c1-26-17-7-3-6-10-23(27-18-24)21-14-11-19(12-15-21)13-16-22(25)20-8-4-2-5-9-20/h2,4-5,8-9,11-16,18,23H,3,6-7,10,17H2,1H3/b16-13+. The van der Waals surface area contributed by atoms with Crippen LogP contribution >= 0.6 is 0 Å². The van der Waals surface area contributed by atoms with Crippen molar-refractivity contribution in [2.45, 2.75) is 31.8 Å². The first-order valence-corrected chi connectivity index (χ1v) is 9.20. The van der Waals surface area contributed by atoms with Crippen molar-refractivity contribution in [1.82, 2.24) is 0 Å². The molecule has 1 unspecified atom stereocenters. The van der Waals surface area contributed by atoms with Gasteiger partial charge in [0.25, 0.3) is 6.47 Å². The monoisotopic (exact) mass is 366 g/mol. The van der Waals surface area contributed by atoms with E-state index in [9.17, 15) is 9.59 Å². The first-order valence-electron chi connectivity index (χ1n) is 9.20. The number of benzene rings is 2. The first-order chi connectivity index (χ1) is 13.2. The van der Waals surface area contributed by atoms with Crippen LogP contribution in [0.4, 0.5) is 0 Å². The smallest absolute Gasteiger partial charge is 0.293 e. The highest BCUT2D eigenvalue weighted by Crippen LogP contribution is 2.24. The Morgan fingerprint density at radius 1 is 1.00 bits per heavy atom.